The lowest BCUT2D eigenvalue weighted by atomic mass is 10.0. The van der Waals surface area contributed by atoms with Crippen LogP contribution < -0.4 is 10.2 Å². The molecule has 0 aliphatic rings. The van der Waals surface area contributed by atoms with Crippen LogP contribution in [0.2, 0.25) is 0 Å². The highest BCUT2D eigenvalue weighted by molar-refractivity contribution is 9.11. The summed E-state index contributed by atoms with van der Waals surface area (Å²) in [7, 11) is 0. The van der Waals surface area contributed by atoms with Gasteiger partial charge in [-0.3, -0.25) is 4.79 Å². The van der Waals surface area contributed by atoms with Crippen molar-refractivity contribution >= 4 is 50.1 Å². The van der Waals surface area contributed by atoms with Crippen LogP contribution in [-0.2, 0) is 4.79 Å². The second-order valence-electron chi connectivity index (χ2n) is 6.24. The third-order valence-corrected chi connectivity index (χ3v) is 5.62. The highest BCUT2D eigenvalue weighted by atomic mass is 79.9. The summed E-state index contributed by atoms with van der Waals surface area (Å²) >= 11 is 7.12. The van der Waals surface area contributed by atoms with Crippen molar-refractivity contribution in [3.63, 3.8) is 0 Å². The Bertz CT molecular complexity index is 847. The molecule has 0 radical (unpaired) electrons. The van der Waals surface area contributed by atoms with Crippen molar-refractivity contribution in [2.75, 3.05) is 6.61 Å². The molecular weight excluding hydrogens is 472 g/mol. The fraction of sp³-hybridized carbons (Fsp3) is 0.238. The van der Waals surface area contributed by atoms with E-state index >= 15 is 0 Å². The summed E-state index contributed by atoms with van der Waals surface area (Å²) in [6.07, 6.45) is 5.20. The zero-order valence-corrected chi connectivity index (χ0v) is 18.7. The fourth-order valence-corrected chi connectivity index (χ4v) is 3.60. The number of carbonyl (C=O) groups excluding carboxylic acids is 1. The summed E-state index contributed by atoms with van der Waals surface area (Å²) in [5.41, 5.74) is 5.58. The first-order valence-corrected chi connectivity index (χ1v) is 10.1. The van der Waals surface area contributed by atoms with Crippen LogP contribution in [-0.4, -0.2) is 18.7 Å². The van der Waals surface area contributed by atoms with Gasteiger partial charge < -0.3 is 4.74 Å². The highest BCUT2D eigenvalue weighted by Crippen LogP contribution is 2.40. The Hall–Kier alpha value is -1.92. The van der Waals surface area contributed by atoms with E-state index in [9.17, 15) is 4.79 Å². The Morgan fingerprint density at radius 2 is 1.96 bits per heavy atom. The molecule has 0 unspecified atom stereocenters. The lowest BCUT2D eigenvalue weighted by Gasteiger charge is -2.18. The maximum Gasteiger partial charge on any atom is 0.277 e. The molecule has 1 amide bonds. The van der Waals surface area contributed by atoms with Gasteiger partial charge in [0, 0.05) is 10.7 Å². The van der Waals surface area contributed by atoms with Crippen molar-refractivity contribution < 1.29 is 9.53 Å². The number of hydrogen-bond donors (Lipinski definition) is 1. The van der Waals surface area contributed by atoms with Crippen LogP contribution >= 0.6 is 31.9 Å². The van der Waals surface area contributed by atoms with Crippen molar-refractivity contribution in [1.82, 2.24) is 5.43 Å². The van der Waals surface area contributed by atoms with E-state index in [2.05, 4.69) is 56.2 Å². The van der Waals surface area contributed by atoms with E-state index in [-0.39, 0.29) is 18.4 Å². The quantitative estimate of drug-likeness (QED) is 0.389. The van der Waals surface area contributed by atoms with Crippen molar-refractivity contribution in [2.24, 2.45) is 5.10 Å². The van der Waals surface area contributed by atoms with E-state index in [4.69, 9.17) is 4.74 Å². The number of carbonyl (C=O) groups is 1. The Morgan fingerprint density at radius 1 is 1.26 bits per heavy atom. The molecule has 0 aromatic heterocycles. The maximum atomic E-state index is 12.0. The standard InChI is InChI=1S/C21H22Br2N2O2/c1-14(2)17-12-18(22)15(3)20(23)21(17)27-13-19(26)25-24-11-7-10-16-8-5-4-6-9-16/h4-12,14H,13H2,1-3H3,(H,25,26)/b10-7+,24-11+. The Kier molecular flexibility index (Phi) is 8.25. The average molecular weight is 494 g/mol. The number of rotatable bonds is 7. The van der Waals surface area contributed by atoms with Gasteiger partial charge >= 0.3 is 0 Å². The zero-order chi connectivity index (χ0) is 19.8. The van der Waals surface area contributed by atoms with Gasteiger partial charge in [0.05, 0.1) is 4.47 Å². The van der Waals surface area contributed by atoms with E-state index in [1.807, 2.05) is 49.4 Å². The van der Waals surface area contributed by atoms with Crippen molar-refractivity contribution in [2.45, 2.75) is 26.7 Å². The second kappa shape index (κ2) is 10.4. The van der Waals surface area contributed by atoms with Gasteiger partial charge in [0.25, 0.3) is 5.91 Å². The monoisotopic (exact) mass is 492 g/mol. The van der Waals surface area contributed by atoms with Crippen LogP contribution in [0.4, 0.5) is 0 Å². The average Bonchev–Trinajstić information content (AvgIpc) is 2.65. The molecule has 2 aromatic rings. The number of amides is 1. The molecule has 142 valence electrons. The van der Waals surface area contributed by atoms with Crippen LogP contribution in [0.3, 0.4) is 0 Å². The molecule has 0 bridgehead atoms. The van der Waals surface area contributed by atoms with E-state index in [1.54, 1.807) is 6.08 Å². The number of ether oxygens (including phenoxy) is 1. The number of benzene rings is 2. The van der Waals surface area contributed by atoms with Crippen molar-refractivity contribution in [1.29, 1.82) is 0 Å². The summed E-state index contributed by atoms with van der Waals surface area (Å²) in [6, 6.07) is 11.9. The number of hydrogen-bond acceptors (Lipinski definition) is 3. The summed E-state index contributed by atoms with van der Waals surface area (Å²) < 4.78 is 7.64. The minimum absolute atomic E-state index is 0.112. The molecule has 27 heavy (non-hydrogen) atoms. The van der Waals surface area contributed by atoms with Crippen LogP contribution in [0.1, 0.15) is 36.5 Å². The normalized spacial score (nSPS) is 11.5. The number of halogens is 2. The first-order valence-electron chi connectivity index (χ1n) is 8.55. The van der Waals surface area contributed by atoms with E-state index in [0.717, 1.165) is 25.6 Å². The minimum Gasteiger partial charge on any atom is -0.482 e. The SMILES string of the molecule is Cc1c(Br)cc(C(C)C)c(OCC(=O)N/N=C/C=C/c2ccccc2)c1Br. The van der Waals surface area contributed by atoms with Gasteiger partial charge in [-0.15, -0.1) is 0 Å². The molecule has 6 heteroatoms. The second-order valence-corrected chi connectivity index (χ2v) is 7.89. The molecule has 1 N–H and O–H groups in total. The lowest BCUT2D eigenvalue weighted by Crippen LogP contribution is -2.25. The van der Waals surface area contributed by atoms with Crippen LogP contribution in [0, 0.1) is 6.92 Å². The lowest BCUT2D eigenvalue weighted by molar-refractivity contribution is -0.123. The van der Waals surface area contributed by atoms with Gasteiger partial charge in [-0.2, -0.15) is 5.10 Å². The summed E-state index contributed by atoms with van der Waals surface area (Å²) in [4.78, 5) is 12.0. The maximum absolute atomic E-state index is 12.0. The van der Waals surface area contributed by atoms with Crippen LogP contribution in [0.15, 0.2) is 56.5 Å². The molecule has 0 aliphatic heterocycles. The third kappa shape index (κ3) is 6.33. The smallest absolute Gasteiger partial charge is 0.277 e. The van der Waals surface area contributed by atoms with Crippen LogP contribution in [0.25, 0.3) is 6.08 Å². The van der Waals surface area contributed by atoms with Crippen molar-refractivity contribution in [3.05, 3.63) is 68.1 Å². The minimum atomic E-state index is -0.318. The van der Waals surface area contributed by atoms with Crippen molar-refractivity contribution in [3.8, 4) is 5.75 Å². The molecule has 4 nitrogen and oxygen atoms in total. The zero-order valence-electron chi connectivity index (χ0n) is 15.5. The molecule has 0 fully saturated rings. The van der Waals surface area contributed by atoms with E-state index < -0.39 is 0 Å². The molecule has 0 saturated heterocycles. The topological polar surface area (TPSA) is 50.7 Å². The van der Waals surface area contributed by atoms with Gasteiger partial charge in [0.2, 0.25) is 0 Å². The Morgan fingerprint density at radius 3 is 2.63 bits per heavy atom. The van der Waals surface area contributed by atoms with E-state index in [0.29, 0.717) is 5.75 Å². The first kappa shape index (κ1) is 21.4. The van der Waals surface area contributed by atoms with Gasteiger partial charge in [-0.05, 0) is 57.6 Å². The molecule has 2 aromatic carbocycles. The Balaban J connectivity index is 1.93. The van der Waals surface area contributed by atoms with Crippen LogP contribution in [0.5, 0.6) is 5.75 Å². The molecule has 2 rings (SSSR count). The largest absolute Gasteiger partial charge is 0.482 e. The Labute approximate surface area is 177 Å². The molecule has 0 spiro atoms. The molecular formula is C21H22Br2N2O2. The number of nitrogens with zero attached hydrogens (tertiary/aromatic N) is 1. The summed E-state index contributed by atoms with van der Waals surface area (Å²) in [6.45, 7) is 6.04. The molecule has 0 atom stereocenters. The highest BCUT2D eigenvalue weighted by Gasteiger charge is 2.17. The number of hydrazone groups is 1. The number of nitrogens with one attached hydrogen (secondary N) is 1. The van der Waals surface area contributed by atoms with Gasteiger partial charge in [0.15, 0.2) is 6.61 Å². The molecule has 0 saturated carbocycles. The number of allylic oxidation sites excluding steroid dienone is 1. The predicted molar refractivity (Wildman–Crippen MR) is 118 cm³/mol. The van der Waals surface area contributed by atoms with E-state index in [1.165, 1.54) is 6.21 Å². The fourth-order valence-electron chi connectivity index (χ4n) is 2.33. The summed E-state index contributed by atoms with van der Waals surface area (Å²) in [5.74, 6) is 0.632. The third-order valence-electron chi connectivity index (χ3n) is 3.84. The molecule has 0 aliphatic carbocycles. The predicted octanol–water partition coefficient (Wildman–Crippen LogP) is 5.84. The van der Waals surface area contributed by atoms with Gasteiger partial charge in [-0.1, -0.05) is 66.2 Å². The molecule has 0 heterocycles. The van der Waals surface area contributed by atoms with Gasteiger partial charge in [-0.25, -0.2) is 5.43 Å². The van der Waals surface area contributed by atoms with Gasteiger partial charge in [0.1, 0.15) is 5.75 Å². The first-order chi connectivity index (χ1) is 12.9. The summed E-state index contributed by atoms with van der Waals surface area (Å²) in [5, 5.41) is 3.90.